The van der Waals surface area contributed by atoms with Crippen LogP contribution < -0.4 is 5.32 Å². The van der Waals surface area contributed by atoms with Crippen LogP contribution in [0.15, 0.2) is 54.2 Å². The van der Waals surface area contributed by atoms with Crippen LogP contribution in [0.3, 0.4) is 0 Å². The topological polar surface area (TPSA) is 79.5 Å². The van der Waals surface area contributed by atoms with Crippen LogP contribution in [-0.2, 0) is 6.42 Å². The highest BCUT2D eigenvalue weighted by atomic mass is 32.1. The van der Waals surface area contributed by atoms with Crippen LogP contribution in [0.25, 0.3) is 17.0 Å². The summed E-state index contributed by atoms with van der Waals surface area (Å²) in [6.45, 7) is 1.94. The van der Waals surface area contributed by atoms with Gasteiger partial charge in [-0.05, 0) is 42.3 Å². The molecule has 130 valence electrons. The number of imidazole rings is 1. The maximum atomic E-state index is 11.3. The number of fused-ring (bicyclic) bond motifs is 1. The van der Waals surface area contributed by atoms with E-state index >= 15 is 0 Å². The first kappa shape index (κ1) is 16.3. The minimum absolute atomic E-state index is 0.337. The molecule has 0 unspecified atom stereocenters. The molecule has 0 saturated heterocycles. The number of carboxylic acids is 1. The molecule has 7 heteroatoms. The number of hydrogen-bond acceptors (Lipinski definition) is 5. The molecule has 3 heterocycles. The molecular formula is C19H16N4O2S. The highest BCUT2D eigenvalue weighted by Crippen LogP contribution is 2.28. The Morgan fingerprint density at radius 2 is 2.19 bits per heavy atom. The van der Waals surface area contributed by atoms with Crippen molar-refractivity contribution in [1.29, 1.82) is 0 Å². The lowest BCUT2D eigenvalue weighted by Crippen LogP contribution is -2.02. The van der Waals surface area contributed by atoms with Crippen molar-refractivity contribution >= 4 is 33.8 Å². The molecule has 0 aliphatic rings. The Morgan fingerprint density at radius 3 is 3.00 bits per heavy atom. The average Bonchev–Trinajstić information content (AvgIpc) is 3.28. The zero-order chi connectivity index (χ0) is 18.1. The van der Waals surface area contributed by atoms with Gasteiger partial charge in [0.15, 0.2) is 5.13 Å². The van der Waals surface area contributed by atoms with Gasteiger partial charge in [-0.25, -0.2) is 14.8 Å². The summed E-state index contributed by atoms with van der Waals surface area (Å²) in [5.41, 5.74) is 4.60. The molecular weight excluding hydrogens is 348 g/mol. The number of aromatic nitrogens is 3. The molecule has 6 nitrogen and oxygen atoms in total. The summed E-state index contributed by atoms with van der Waals surface area (Å²) in [7, 11) is 0. The molecule has 0 aliphatic carbocycles. The number of rotatable bonds is 5. The van der Waals surface area contributed by atoms with E-state index < -0.39 is 5.97 Å². The standard InChI is InChI=1S/C19H16N4O2S/c1-2-12-9-13(6-7-14(12)18(24)25)21-19-22-15(11-26-19)16-10-20-17-5-3-4-8-23(16)17/h3-11H,2H2,1H3,(H,21,22)(H,24,25). The van der Waals surface area contributed by atoms with Gasteiger partial charge >= 0.3 is 5.97 Å². The predicted molar refractivity (Wildman–Crippen MR) is 102 cm³/mol. The Morgan fingerprint density at radius 1 is 1.31 bits per heavy atom. The fourth-order valence-corrected chi connectivity index (χ4v) is 3.59. The molecule has 1 aromatic carbocycles. The number of carbonyl (C=O) groups is 1. The predicted octanol–water partition coefficient (Wildman–Crippen LogP) is 4.46. The summed E-state index contributed by atoms with van der Waals surface area (Å²) in [6, 6.07) is 11.1. The maximum absolute atomic E-state index is 11.3. The van der Waals surface area contributed by atoms with Gasteiger partial charge in [-0.2, -0.15) is 0 Å². The molecule has 0 aliphatic heterocycles. The third-order valence-electron chi connectivity index (χ3n) is 4.15. The molecule has 4 aromatic rings. The molecule has 3 aromatic heterocycles. The van der Waals surface area contributed by atoms with Crippen LogP contribution in [0, 0.1) is 0 Å². The highest BCUT2D eigenvalue weighted by molar-refractivity contribution is 7.14. The quantitative estimate of drug-likeness (QED) is 0.546. The molecule has 0 atom stereocenters. The summed E-state index contributed by atoms with van der Waals surface area (Å²) in [5, 5.41) is 15.2. The maximum Gasteiger partial charge on any atom is 0.335 e. The lowest BCUT2D eigenvalue weighted by atomic mass is 10.0. The van der Waals surface area contributed by atoms with Crippen LogP contribution in [0.1, 0.15) is 22.8 Å². The number of anilines is 2. The van der Waals surface area contributed by atoms with Crippen molar-refractivity contribution in [2.75, 3.05) is 5.32 Å². The van der Waals surface area contributed by atoms with E-state index in [4.69, 9.17) is 0 Å². The third-order valence-corrected chi connectivity index (χ3v) is 4.91. The minimum atomic E-state index is -0.905. The molecule has 0 saturated carbocycles. The monoisotopic (exact) mass is 364 g/mol. The van der Waals surface area contributed by atoms with Crippen LogP contribution in [0.2, 0.25) is 0 Å². The Labute approximate surface area is 153 Å². The highest BCUT2D eigenvalue weighted by Gasteiger charge is 2.12. The van der Waals surface area contributed by atoms with E-state index in [1.807, 2.05) is 53.4 Å². The normalized spacial score (nSPS) is 11.0. The van der Waals surface area contributed by atoms with Crippen LogP contribution >= 0.6 is 11.3 Å². The molecule has 0 bridgehead atoms. The minimum Gasteiger partial charge on any atom is -0.478 e. The summed E-state index contributed by atoms with van der Waals surface area (Å²) in [5.74, 6) is -0.905. The molecule has 0 radical (unpaired) electrons. The van der Waals surface area contributed by atoms with Gasteiger partial charge in [0, 0.05) is 17.3 Å². The van der Waals surface area contributed by atoms with Gasteiger partial charge in [-0.15, -0.1) is 11.3 Å². The van der Waals surface area contributed by atoms with Crippen molar-refractivity contribution in [3.05, 3.63) is 65.3 Å². The number of nitrogens with one attached hydrogen (secondary N) is 1. The first-order chi connectivity index (χ1) is 12.7. The van der Waals surface area contributed by atoms with Crippen LogP contribution in [0.4, 0.5) is 10.8 Å². The Bertz CT molecular complexity index is 1100. The van der Waals surface area contributed by atoms with Gasteiger partial charge in [0.25, 0.3) is 0 Å². The SMILES string of the molecule is CCc1cc(Nc2nc(-c3cnc4ccccn34)cs2)ccc1C(=O)O. The lowest BCUT2D eigenvalue weighted by molar-refractivity contribution is 0.0696. The zero-order valence-corrected chi connectivity index (χ0v) is 14.8. The second kappa shape index (κ2) is 6.61. The molecule has 0 amide bonds. The van der Waals surface area contributed by atoms with Crippen molar-refractivity contribution in [1.82, 2.24) is 14.4 Å². The summed E-state index contributed by atoms with van der Waals surface area (Å²) < 4.78 is 2.00. The first-order valence-corrected chi connectivity index (χ1v) is 9.05. The first-order valence-electron chi connectivity index (χ1n) is 8.17. The zero-order valence-electron chi connectivity index (χ0n) is 14.0. The van der Waals surface area contributed by atoms with Crippen molar-refractivity contribution < 1.29 is 9.90 Å². The van der Waals surface area contributed by atoms with Gasteiger partial charge < -0.3 is 10.4 Å². The van der Waals surface area contributed by atoms with E-state index in [2.05, 4.69) is 15.3 Å². The molecule has 26 heavy (non-hydrogen) atoms. The van der Waals surface area contributed by atoms with E-state index in [0.717, 1.165) is 33.4 Å². The molecule has 0 spiro atoms. The fourth-order valence-electron chi connectivity index (χ4n) is 2.87. The Balaban J connectivity index is 1.62. The van der Waals surface area contributed by atoms with Crippen LogP contribution in [0.5, 0.6) is 0 Å². The number of benzene rings is 1. The number of aromatic carboxylic acids is 1. The van der Waals surface area contributed by atoms with Gasteiger partial charge in [-0.3, -0.25) is 4.40 Å². The average molecular weight is 364 g/mol. The van der Waals surface area contributed by atoms with Gasteiger partial charge in [0.1, 0.15) is 11.3 Å². The van der Waals surface area contributed by atoms with Crippen molar-refractivity contribution in [2.45, 2.75) is 13.3 Å². The van der Waals surface area contributed by atoms with E-state index in [1.54, 1.807) is 12.1 Å². The van der Waals surface area contributed by atoms with Gasteiger partial charge in [0.2, 0.25) is 0 Å². The summed E-state index contributed by atoms with van der Waals surface area (Å²) in [6.07, 6.45) is 4.43. The Hall–Kier alpha value is -3.19. The van der Waals surface area contributed by atoms with Gasteiger partial charge in [-0.1, -0.05) is 13.0 Å². The number of nitrogens with zero attached hydrogens (tertiary/aromatic N) is 3. The molecule has 0 fully saturated rings. The number of pyridine rings is 1. The summed E-state index contributed by atoms with van der Waals surface area (Å²) >= 11 is 1.50. The van der Waals surface area contributed by atoms with Gasteiger partial charge in [0.05, 0.1) is 17.5 Å². The number of carboxylic acid groups (broad SMARTS) is 1. The second-order valence-corrected chi connectivity index (χ2v) is 6.62. The second-order valence-electron chi connectivity index (χ2n) is 5.77. The van der Waals surface area contributed by atoms with Crippen LogP contribution in [-0.4, -0.2) is 25.4 Å². The number of thiazole rings is 1. The third kappa shape index (κ3) is 2.93. The fraction of sp³-hybridized carbons (Fsp3) is 0.105. The van der Waals surface area contributed by atoms with E-state index in [-0.39, 0.29) is 0 Å². The lowest BCUT2D eigenvalue weighted by Gasteiger charge is -2.08. The number of aryl methyl sites for hydroxylation is 1. The van der Waals surface area contributed by atoms with E-state index in [0.29, 0.717) is 12.0 Å². The smallest absolute Gasteiger partial charge is 0.335 e. The summed E-state index contributed by atoms with van der Waals surface area (Å²) in [4.78, 5) is 20.3. The molecule has 4 rings (SSSR count). The van der Waals surface area contributed by atoms with Crippen molar-refractivity contribution in [3.63, 3.8) is 0 Å². The molecule has 2 N–H and O–H groups in total. The van der Waals surface area contributed by atoms with E-state index in [9.17, 15) is 9.90 Å². The van der Waals surface area contributed by atoms with Crippen molar-refractivity contribution in [2.24, 2.45) is 0 Å². The van der Waals surface area contributed by atoms with E-state index in [1.165, 1.54) is 11.3 Å². The Kier molecular flexibility index (Phi) is 4.14. The number of hydrogen-bond donors (Lipinski definition) is 2. The largest absolute Gasteiger partial charge is 0.478 e. The van der Waals surface area contributed by atoms with Crippen molar-refractivity contribution in [3.8, 4) is 11.4 Å².